The zero-order valence-electron chi connectivity index (χ0n) is 10.6. The lowest BCUT2D eigenvalue weighted by Gasteiger charge is -2.15. The van der Waals surface area contributed by atoms with E-state index in [-0.39, 0.29) is 17.8 Å². The number of benzene rings is 1. The number of anilines is 3. The van der Waals surface area contributed by atoms with Gasteiger partial charge in [-0.3, -0.25) is 0 Å². The van der Waals surface area contributed by atoms with Crippen LogP contribution in [0.15, 0.2) is 30.3 Å². The summed E-state index contributed by atoms with van der Waals surface area (Å²) < 4.78 is 12.8. The quantitative estimate of drug-likeness (QED) is 0.781. The Morgan fingerprint density at radius 3 is 2.53 bits per heavy atom. The highest BCUT2D eigenvalue weighted by Gasteiger charge is 2.06. The molecule has 0 aliphatic heterocycles. The summed E-state index contributed by atoms with van der Waals surface area (Å²) in [6.07, 6.45) is 0.740. The van der Waals surface area contributed by atoms with Crippen LogP contribution in [0.25, 0.3) is 0 Å². The summed E-state index contributed by atoms with van der Waals surface area (Å²) in [4.78, 5) is 7.84. The van der Waals surface area contributed by atoms with Crippen LogP contribution in [0, 0.1) is 5.82 Å². The van der Waals surface area contributed by atoms with Crippen molar-refractivity contribution in [2.75, 3.05) is 16.8 Å². The Morgan fingerprint density at radius 2 is 1.89 bits per heavy atom. The molecule has 1 atom stereocenters. The molecule has 1 aromatic heterocycles. The van der Waals surface area contributed by atoms with Gasteiger partial charge >= 0.3 is 0 Å². The molecule has 5 nitrogen and oxygen atoms in total. The molecule has 0 amide bonds. The van der Waals surface area contributed by atoms with E-state index in [1.54, 1.807) is 18.2 Å². The van der Waals surface area contributed by atoms with Gasteiger partial charge in [-0.25, -0.2) is 4.39 Å². The van der Waals surface area contributed by atoms with Crippen LogP contribution < -0.4 is 16.8 Å². The van der Waals surface area contributed by atoms with E-state index >= 15 is 0 Å². The molecule has 2 rings (SSSR count). The first kappa shape index (κ1) is 13.1. The number of hydrogen-bond acceptors (Lipinski definition) is 5. The first-order valence-corrected chi connectivity index (χ1v) is 5.94. The number of rotatable bonds is 4. The summed E-state index contributed by atoms with van der Waals surface area (Å²) in [5, 5.41) is 3.18. The van der Waals surface area contributed by atoms with E-state index in [4.69, 9.17) is 11.5 Å². The maximum absolute atomic E-state index is 12.8. The van der Waals surface area contributed by atoms with Gasteiger partial charge in [0.25, 0.3) is 0 Å². The Hall–Kier alpha value is -2.37. The summed E-state index contributed by atoms with van der Waals surface area (Å²) >= 11 is 0. The fourth-order valence-electron chi connectivity index (χ4n) is 1.84. The van der Waals surface area contributed by atoms with E-state index in [1.165, 1.54) is 12.1 Å². The van der Waals surface area contributed by atoms with E-state index in [0.29, 0.717) is 11.6 Å². The van der Waals surface area contributed by atoms with Crippen molar-refractivity contribution in [2.45, 2.75) is 19.4 Å². The predicted molar refractivity (Wildman–Crippen MR) is 74.0 cm³/mol. The average Bonchev–Trinajstić information content (AvgIpc) is 2.30. The number of aromatic nitrogens is 2. The molecule has 0 aliphatic rings. The van der Waals surface area contributed by atoms with Gasteiger partial charge in [0.15, 0.2) is 0 Å². The van der Waals surface area contributed by atoms with Crippen molar-refractivity contribution in [2.24, 2.45) is 0 Å². The molecule has 0 bridgehead atoms. The molecule has 1 aromatic carbocycles. The fourth-order valence-corrected chi connectivity index (χ4v) is 1.84. The Kier molecular flexibility index (Phi) is 3.79. The summed E-state index contributed by atoms with van der Waals surface area (Å²) in [6, 6.07) is 8.15. The molecule has 0 spiro atoms. The third kappa shape index (κ3) is 3.80. The second-order valence-electron chi connectivity index (χ2n) is 4.41. The largest absolute Gasteiger partial charge is 0.383 e. The van der Waals surface area contributed by atoms with E-state index in [9.17, 15) is 4.39 Å². The zero-order valence-corrected chi connectivity index (χ0v) is 10.6. The van der Waals surface area contributed by atoms with Crippen molar-refractivity contribution in [3.8, 4) is 0 Å². The van der Waals surface area contributed by atoms with Crippen LogP contribution in [0.3, 0.4) is 0 Å². The van der Waals surface area contributed by atoms with Crippen LogP contribution >= 0.6 is 0 Å². The van der Waals surface area contributed by atoms with E-state index in [2.05, 4.69) is 15.3 Å². The minimum Gasteiger partial charge on any atom is -0.383 e. The van der Waals surface area contributed by atoms with Crippen LogP contribution in [0.5, 0.6) is 0 Å². The Morgan fingerprint density at radius 1 is 1.21 bits per heavy atom. The van der Waals surface area contributed by atoms with Crippen molar-refractivity contribution in [1.82, 2.24) is 9.97 Å². The molecule has 0 radical (unpaired) electrons. The molecular weight excluding hydrogens is 245 g/mol. The summed E-state index contributed by atoms with van der Waals surface area (Å²) in [5.74, 6) is 0.806. The standard InChI is InChI=1S/C13H16FN5/c1-8(6-9-2-4-10(14)5-3-9)17-12-7-11(15)18-13(16)19-12/h2-5,7-8H,6H2,1H3,(H5,15,16,17,18,19). The molecule has 0 saturated carbocycles. The second-order valence-corrected chi connectivity index (χ2v) is 4.41. The molecule has 1 heterocycles. The van der Waals surface area contributed by atoms with Gasteiger partial charge in [-0.1, -0.05) is 12.1 Å². The Labute approximate surface area is 110 Å². The van der Waals surface area contributed by atoms with Gasteiger partial charge in [-0.2, -0.15) is 9.97 Å². The second kappa shape index (κ2) is 5.51. The Balaban J connectivity index is 2.00. The molecule has 6 heteroatoms. The molecular formula is C13H16FN5. The van der Waals surface area contributed by atoms with Gasteiger partial charge in [-0.15, -0.1) is 0 Å². The smallest absolute Gasteiger partial charge is 0.223 e. The SMILES string of the molecule is CC(Cc1ccc(F)cc1)Nc1cc(N)nc(N)n1. The van der Waals surface area contributed by atoms with Crippen LogP contribution in [-0.2, 0) is 6.42 Å². The highest BCUT2D eigenvalue weighted by atomic mass is 19.1. The van der Waals surface area contributed by atoms with Gasteiger partial charge in [0.1, 0.15) is 17.5 Å². The lowest BCUT2D eigenvalue weighted by molar-refractivity contribution is 0.626. The van der Waals surface area contributed by atoms with Crippen LogP contribution in [0.4, 0.5) is 22.0 Å². The van der Waals surface area contributed by atoms with Gasteiger partial charge in [0.2, 0.25) is 5.95 Å². The monoisotopic (exact) mass is 261 g/mol. The highest BCUT2D eigenvalue weighted by molar-refractivity contribution is 5.48. The van der Waals surface area contributed by atoms with E-state index < -0.39 is 0 Å². The van der Waals surface area contributed by atoms with E-state index in [1.807, 2.05) is 6.92 Å². The van der Waals surface area contributed by atoms with Crippen molar-refractivity contribution >= 4 is 17.6 Å². The molecule has 100 valence electrons. The number of nitrogen functional groups attached to an aromatic ring is 2. The molecule has 0 saturated heterocycles. The number of halogens is 1. The van der Waals surface area contributed by atoms with Crippen LogP contribution in [-0.4, -0.2) is 16.0 Å². The van der Waals surface area contributed by atoms with Crippen molar-refractivity contribution in [1.29, 1.82) is 0 Å². The lowest BCUT2D eigenvalue weighted by atomic mass is 10.1. The minimum absolute atomic E-state index is 0.110. The summed E-state index contributed by atoms with van der Waals surface area (Å²) in [7, 11) is 0. The third-order valence-electron chi connectivity index (χ3n) is 2.61. The minimum atomic E-state index is -0.235. The average molecular weight is 261 g/mol. The molecule has 0 aliphatic carbocycles. The molecule has 5 N–H and O–H groups in total. The van der Waals surface area contributed by atoms with Crippen LogP contribution in [0.2, 0.25) is 0 Å². The van der Waals surface area contributed by atoms with Crippen molar-refractivity contribution < 1.29 is 4.39 Å². The van der Waals surface area contributed by atoms with Gasteiger partial charge in [0.05, 0.1) is 0 Å². The summed E-state index contributed by atoms with van der Waals surface area (Å²) in [6.45, 7) is 2.00. The van der Waals surface area contributed by atoms with Gasteiger partial charge in [0, 0.05) is 12.1 Å². The number of hydrogen-bond donors (Lipinski definition) is 3. The first-order valence-electron chi connectivity index (χ1n) is 5.94. The topological polar surface area (TPSA) is 89.8 Å². The fraction of sp³-hybridized carbons (Fsp3) is 0.231. The number of nitrogens with two attached hydrogens (primary N) is 2. The maximum atomic E-state index is 12.8. The molecule has 1 unspecified atom stereocenters. The van der Waals surface area contributed by atoms with E-state index in [0.717, 1.165) is 12.0 Å². The number of nitrogens with zero attached hydrogens (tertiary/aromatic N) is 2. The lowest BCUT2D eigenvalue weighted by Crippen LogP contribution is -2.19. The molecule has 0 fully saturated rings. The maximum Gasteiger partial charge on any atom is 0.223 e. The molecule has 2 aromatic rings. The van der Waals surface area contributed by atoms with Crippen LogP contribution in [0.1, 0.15) is 12.5 Å². The van der Waals surface area contributed by atoms with Crippen molar-refractivity contribution in [3.05, 3.63) is 41.7 Å². The highest BCUT2D eigenvalue weighted by Crippen LogP contribution is 2.13. The summed E-state index contributed by atoms with van der Waals surface area (Å²) in [5.41, 5.74) is 12.2. The third-order valence-corrected chi connectivity index (χ3v) is 2.61. The first-order chi connectivity index (χ1) is 9.02. The zero-order chi connectivity index (χ0) is 13.8. The van der Waals surface area contributed by atoms with Crippen molar-refractivity contribution in [3.63, 3.8) is 0 Å². The normalized spacial score (nSPS) is 12.1. The Bertz CT molecular complexity index is 535. The molecule has 19 heavy (non-hydrogen) atoms. The van der Waals surface area contributed by atoms with Gasteiger partial charge in [-0.05, 0) is 31.0 Å². The number of nitrogens with one attached hydrogen (secondary N) is 1. The predicted octanol–water partition coefficient (Wildman–Crippen LogP) is 1.82. The van der Waals surface area contributed by atoms with Gasteiger partial charge < -0.3 is 16.8 Å².